The number of amides is 2. The lowest BCUT2D eigenvalue weighted by atomic mass is 10.1. The van der Waals surface area contributed by atoms with Gasteiger partial charge in [0.25, 0.3) is 5.91 Å². The Morgan fingerprint density at radius 3 is 2.96 bits per heavy atom. The van der Waals surface area contributed by atoms with Crippen LogP contribution in [0.4, 0.5) is 4.39 Å². The smallest absolute Gasteiger partial charge is 0.257 e. The third kappa shape index (κ3) is 3.59. The first kappa shape index (κ1) is 17.6. The first-order valence-electron chi connectivity index (χ1n) is 8.27. The van der Waals surface area contributed by atoms with Crippen LogP contribution < -0.4 is 10.5 Å². The van der Waals surface area contributed by atoms with Gasteiger partial charge < -0.3 is 25.0 Å². The van der Waals surface area contributed by atoms with Crippen molar-refractivity contribution in [1.29, 1.82) is 0 Å². The molecule has 2 amide bonds. The van der Waals surface area contributed by atoms with Gasteiger partial charge in [0, 0.05) is 26.7 Å². The van der Waals surface area contributed by atoms with Crippen molar-refractivity contribution in [3.8, 4) is 5.75 Å². The lowest BCUT2D eigenvalue weighted by molar-refractivity contribution is -0.133. The lowest BCUT2D eigenvalue weighted by Gasteiger charge is -2.29. The Morgan fingerprint density at radius 2 is 2.20 bits per heavy atom. The Morgan fingerprint density at radius 1 is 1.40 bits per heavy atom. The van der Waals surface area contributed by atoms with Crippen LogP contribution in [0.3, 0.4) is 0 Å². The molecule has 1 aromatic carbocycles. The fourth-order valence-electron chi connectivity index (χ4n) is 3.20. The van der Waals surface area contributed by atoms with Crippen LogP contribution in [0.25, 0.3) is 0 Å². The maximum atomic E-state index is 13.7. The molecule has 136 valence electrons. The highest BCUT2D eigenvalue weighted by Gasteiger charge is 2.39. The molecule has 8 heteroatoms. The average Bonchev–Trinajstić information content (AvgIpc) is 2.78. The molecule has 1 aromatic rings. The normalized spacial score (nSPS) is 23.4. The van der Waals surface area contributed by atoms with Crippen molar-refractivity contribution in [1.82, 2.24) is 9.80 Å². The summed E-state index contributed by atoms with van der Waals surface area (Å²) in [5.41, 5.74) is 5.58. The van der Waals surface area contributed by atoms with Crippen LogP contribution in [-0.4, -0.2) is 74.2 Å². The Kier molecular flexibility index (Phi) is 5.19. The number of hydrogen-bond acceptors (Lipinski definition) is 5. The summed E-state index contributed by atoms with van der Waals surface area (Å²) < 4.78 is 24.7. The molecular weight excluding hydrogens is 329 g/mol. The van der Waals surface area contributed by atoms with Crippen molar-refractivity contribution in [3.05, 3.63) is 29.6 Å². The first-order valence-corrected chi connectivity index (χ1v) is 8.27. The van der Waals surface area contributed by atoms with E-state index in [9.17, 15) is 14.0 Å². The summed E-state index contributed by atoms with van der Waals surface area (Å²) in [6.07, 6.45) is 0. The van der Waals surface area contributed by atoms with Gasteiger partial charge in [-0.1, -0.05) is 0 Å². The van der Waals surface area contributed by atoms with E-state index < -0.39 is 11.7 Å². The number of rotatable bonds is 4. The summed E-state index contributed by atoms with van der Waals surface area (Å²) in [6.45, 7) is 1.75. The van der Waals surface area contributed by atoms with Gasteiger partial charge in [-0.15, -0.1) is 0 Å². The second-order valence-electron chi connectivity index (χ2n) is 6.33. The van der Waals surface area contributed by atoms with Crippen molar-refractivity contribution in [3.63, 3.8) is 0 Å². The number of carbonyl (C=O) groups is 2. The van der Waals surface area contributed by atoms with Gasteiger partial charge in [-0.05, 0) is 18.2 Å². The number of fused-ring (bicyclic) bond motifs is 3. The lowest BCUT2D eigenvalue weighted by Crippen LogP contribution is -2.45. The van der Waals surface area contributed by atoms with Gasteiger partial charge in [0.2, 0.25) is 5.91 Å². The second kappa shape index (κ2) is 7.37. The summed E-state index contributed by atoms with van der Waals surface area (Å²) in [6, 6.07) is 3.62. The number of halogens is 1. The SMILES string of the molecule is CN1C(=O)[C@H]2COC[C@@H]1CN(C(=O)c1cc(F)ccc1OCCN)C2. The number of nitrogens with zero attached hydrogens (tertiary/aromatic N) is 2. The Labute approximate surface area is 145 Å². The van der Waals surface area contributed by atoms with E-state index in [4.69, 9.17) is 15.2 Å². The van der Waals surface area contributed by atoms with Crippen molar-refractivity contribution in [2.75, 3.05) is 46.5 Å². The first-order chi connectivity index (χ1) is 12.0. The molecule has 2 bridgehead atoms. The fraction of sp³-hybridized carbons (Fsp3) is 0.529. The highest BCUT2D eigenvalue weighted by atomic mass is 19.1. The van der Waals surface area contributed by atoms with Crippen LogP contribution >= 0.6 is 0 Å². The minimum absolute atomic E-state index is 0.0309. The third-order valence-electron chi connectivity index (χ3n) is 4.58. The van der Waals surface area contributed by atoms with Crippen LogP contribution in [-0.2, 0) is 9.53 Å². The largest absolute Gasteiger partial charge is 0.491 e. The molecule has 0 saturated carbocycles. The molecule has 0 spiro atoms. The Bertz CT molecular complexity index is 669. The average molecular weight is 351 g/mol. The summed E-state index contributed by atoms with van der Waals surface area (Å²) >= 11 is 0. The number of likely N-dealkylation sites (N-methyl/N-ethyl adjacent to an activating group) is 1. The standard InChI is InChI=1S/C17H22FN3O4/c1-20-13-8-21(7-11(16(20)22)9-24-10-13)17(23)14-6-12(18)2-3-15(14)25-5-4-19/h2-3,6,11,13H,4-5,7-10,19H2,1H3/t11-,13+/m1/s1. The number of benzene rings is 1. The van der Waals surface area contributed by atoms with Gasteiger partial charge >= 0.3 is 0 Å². The van der Waals surface area contributed by atoms with E-state index in [1.54, 1.807) is 16.8 Å². The third-order valence-corrected chi connectivity index (χ3v) is 4.58. The molecular formula is C17H22FN3O4. The molecule has 2 aliphatic rings. The second-order valence-corrected chi connectivity index (χ2v) is 6.33. The van der Waals surface area contributed by atoms with E-state index in [1.165, 1.54) is 12.1 Å². The van der Waals surface area contributed by atoms with Gasteiger partial charge in [0.15, 0.2) is 0 Å². The highest BCUT2D eigenvalue weighted by molar-refractivity contribution is 5.97. The molecule has 0 aromatic heterocycles. The van der Waals surface area contributed by atoms with Crippen molar-refractivity contribution >= 4 is 11.8 Å². The number of hydrogen-bond donors (Lipinski definition) is 1. The van der Waals surface area contributed by atoms with Gasteiger partial charge in [-0.25, -0.2) is 4.39 Å². The monoisotopic (exact) mass is 351 g/mol. The molecule has 2 fully saturated rings. The number of ether oxygens (including phenoxy) is 2. The van der Waals surface area contributed by atoms with E-state index >= 15 is 0 Å². The van der Waals surface area contributed by atoms with Gasteiger partial charge in [-0.3, -0.25) is 9.59 Å². The highest BCUT2D eigenvalue weighted by Crippen LogP contribution is 2.25. The van der Waals surface area contributed by atoms with E-state index in [1.807, 2.05) is 0 Å². The topological polar surface area (TPSA) is 85.1 Å². The zero-order valence-corrected chi connectivity index (χ0v) is 14.1. The van der Waals surface area contributed by atoms with Gasteiger partial charge in [0.1, 0.15) is 18.2 Å². The molecule has 3 rings (SSSR count). The molecule has 2 heterocycles. The summed E-state index contributed by atoms with van der Waals surface area (Å²) in [5.74, 6) is -1.02. The quantitative estimate of drug-likeness (QED) is 0.831. The van der Waals surface area contributed by atoms with Crippen LogP contribution in [0.2, 0.25) is 0 Å². The molecule has 2 atom stereocenters. The molecule has 0 radical (unpaired) electrons. The van der Waals surface area contributed by atoms with Crippen molar-refractivity contribution in [2.45, 2.75) is 6.04 Å². The molecule has 0 unspecified atom stereocenters. The van der Waals surface area contributed by atoms with Crippen LogP contribution in [0.15, 0.2) is 18.2 Å². The molecule has 25 heavy (non-hydrogen) atoms. The maximum Gasteiger partial charge on any atom is 0.257 e. The minimum Gasteiger partial charge on any atom is -0.491 e. The Balaban J connectivity index is 1.88. The molecule has 7 nitrogen and oxygen atoms in total. The summed E-state index contributed by atoms with van der Waals surface area (Å²) in [7, 11) is 1.72. The van der Waals surface area contributed by atoms with Crippen molar-refractivity contribution in [2.24, 2.45) is 11.7 Å². The summed E-state index contributed by atoms with van der Waals surface area (Å²) in [5, 5.41) is 0. The maximum absolute atomic E-state index is 13.7. The number of carbonyl (C=O) groups excluding carboxylic acids is 2. The molecule has 2 aliphatic heterocycles. The van der Waals surface area contributed by atoms with Gasteiger partial charge in [0.05, 0.1) is 30.7 Å². The summed E-state index contributed by atoms with van der Waals surface area (Å²) in [4.78, 5) is 28.6. The Hall–Kier alpha value is -2.19. The fourth-order valence-corrected chi connectivity index (χ4v) is 3.20. The van der Waals surface area contributed by atoms with E-state index in [0.717, 1.165) is 6.07 Å². The predicted molar refractivity (Wildman–Crippen MR) is 87.7 cm³/mol. The van der Waals surface area contributed by atoms with Crippen molar-refractivity contribution < 1.29 is 23.5 Å². The zero-order valence-electron chi connectivity index (χ0n) is 14.1. The molecule has 0 aliphatic carbocycles. The van der Waals surface area contributed by atoms with E-state index in [2.05, 4.69) is 0 Å². The van der Waals surface area contributed by atoms with E-state index in [-0.39, 0.29) is 49.7 Å². The van der Waals surface area contributed by atoms with Crippen LogP contribution in [0.1, 0.15) is 10.4 Å². The van der Waals surface area contributed by atoms with Crippen LogP contribution in [0, 0.1) is 11.7 Å². The molecule has 2 N–H and O–H groups in total. The minimum atomic E-state index is -0.519. The van der Waals surface area contributed by atoms with Gasteiger partial charge in [-0.2, -0.15) is 0 Å². The predicted octanol–water partition coefficient (Wildman–Crippen LogP) is 0.0924. The molecule has 2 saturated heterocycles. The van der Waals surface area contributed by atoms with E-state index in [0.29, 0.717) is 18.9 Å². The number of nitrogens with two attached hydrogens (primary N) is 1. The van der Waals surface area contributed by atoms with Crippen LogP contribution in [0.5, 0.6) is 5.75 Å². The zero-order chi connectivity index (χ0) is 18.0.